The van der Waals surface area contributed by atoms with Crippen molar-refractivity contribution in [1.82, 2.24) is 20.0 Å². The highest BCUT2D eigenvalue weighted by atomic mass is 15.3. The van der Waals surface area contributed by atoms with Gasteiger partial charge in [0.1, 0.15) is 0 Å². The topological polar surface area (TPSA) is 43.6 Å². The van der Waals surface area contributed by atoms with Gasteiger partial charge in [-0.3, -0.25) is 0 Å². The molecular weight excluding hydrogens is 188 g/mol. The van der Waals surface area contributed by atoms with Crippen LogP contribution in [0, 0.1) is 6.92 Å². The minimum Gasteiger partial charge on any atom is -0.221 e. The Balaban J connectivity index is 2.33. The largest absolute Gasteiger partial charge is 0.221 e. The molecule has 0 unspecified atom stereocenters. The van der Waals surface area contributed by atoms with E-state index >= 15 is 0 Å². The average molecular weight is 202 g/mol. The minimum atomic E-state index is 0.435. The molecule has 15 heavy (non-hydrogen) atoms. The van der Waals surface area contributed by atoms with Gasteiger partial charge in [-0.05, 0) is 31.0 Å². The molecule has 0 saturated heterocycles. The summed E-state index contributed by atoms with van der Waals surface area (Å²) >= 11 is 0. The molecule has 0 saturated carbocycles. The van der Waals surface area contributed by atoms with Crippen molar-refractivity contribution in [1.29, 1.82) is 0 Å². The third-order valence-corrected chi connectivity index (χ3v) is 2.22. The highest BCUT2D eigenvalue weighted by Gasteiger charge is 2.05. The van der Waals surface area contributed by atoms with Crippen molar-refractivity contribution in [3.05, 3.63) is 35.8 Å². The zero-order valence-corrected chi connectivity index (χ0v) is 9.18. The van der Waals surface area contributed by atoms with Crippen molar-refractivity contribution < 1.29 is 0 Å². The molecule has 0 aliphatic carbocycles. The van der Waals surface area contributed by atoms with Gasteiger partial charge in [-0.1, -0.05) is 13.8 Å². The van der Waals surface area contributed by atoms with Gasteiger partial charge < -0.3 is 0 Å². The number of aromatic nitrogens is 4. The van der Waals surface area contributed by atoms with E-state index in [1.807, 2.05) is 31.3 Å². The summed E-state index contributed by atoms with van der Waals surface area (Å²) in [5.74, 6) is 1.19. The van der Waals surface area contributed by atoms with Crippen molar-refractivity contribution in [2.75, 3.05) is 0 Å². The van der Waals surface area contributed by atoms with Crippen LogP contribution in [0.4, 0.5) is 0 Å². The fourth-order valence-corrected chi connectivity index (χ4v) is 1.29. The van der Waals surface area contributed by atoms with E-state index in [2.05, 4.69) is 29.1 Å². The normalized spacial score (nSPS) is 10.9. The predicted octanol–water partition coefficient (Wildman–Crippen LogP) is 2.09. The zero-order chi connectivity index (χ0) is 10.8. The molecule has 4 nitrogen and oxygen atoms in total. The Labute approximate surface area is 89.0 Å². The van der Waals surface area contributed by atoms with Crippen LogP contribution >= 0.6 is 0 Å². The fourth-order valence-electron chi connectivity index (χ4n) is 1.29. The van der Waals surface area contributed by atoms with Crippen LogP contribution < -0.4 is 0 Å². The van der Waals surface area contributed by atoms with Gasteiger partial charge in [-0.2, -0.15) is 10.2 Å². The second-order valence-corrected chi connectivity index (χ2v) is 3.87. The minimum absolute atomic E-state index is 0.435. The highest BCUT2D eigenvalue weighted by Crippen LogP contribution is 2.12. The quantitative estimate of drug-likeness (QED) is 0.749. The second-order valence-electron chi connectivity index (χ2n) is 3.87. The molecule has 0 aliphatic heterocycles. The molecule has 0 spiro atoms. The van der Waals surface area contributed by atoms with Crippen LogP contribution in [-0.2, 0) is 0 Å². The average Bonchev–Trinajstić information content (AvgIpc) is 2.68. The van der Waals surface area contributed by atoms with E-state index in [0.29, 0.717) is 5.92 Å². The third kappa shape index (κ3) is 2.03. The molecule has 0 bridgehead atoms. The Morgan fingerprint density at radius 3 is 2.47 bits per heavy atom. The summed E-state index contributed by atoms with van der Waals surface area (Å²) in [4.78, 5) is 0. The molecule has 0 N–H and O–H groups in total. The Hall–Kier alpha value is -1.71. The third-order valence-electron chi connectivity index (χ3n) is 2.22. The SMILES string of the molecule is Cc1ccc(-n2ccc(C(C)C)n2)nn1. The van der Waals surface area contributed by atoms with Crippen LogP contribution in [0.3, 0.4) is 0 Å². The van der Waals surface area contributed by atoms with Gasteiger partial charge >= 0.3 is 0 Å². The summed E-state index contributed by atoms with van der Waals surface area (Å²) in [5.41, 5.74) is 1.98. The molecule has 78 valence electrons. The molecule has 4 heteroatoms. The maximum Gasteiger partial charge on any atom is 0.175 e. The first-order valence-corrected chi connectivity index (χ1v) is 5.03. The smallest absolute Gasteiger partial charge is 0.175 e. The van der Waals surface area contributed by atoms with Crippen LogP contribution in [0.15, 0.2) is 24.4 Å². The summed E-state index contributed by atoms with van der Waals surface area (Å²) in [6, 6.07) is 5.85. The molecular formula is C11H14N4. The molecule has 0 amide bonds. The van der Waals surface area contributed by atoms with Crippen molar-refractivity contribution in [2.45, 2.75) is 26.7 Å². The van der Waals surface area contributed by atoms with Gasteiger partial charge in [0, 0.05) is 6.20 Å². The van der Waals surface area contributed by atoms with E-state index < -0.39 is 0 Å². The van der Waals surface area contributed by atoms with Crippen molar-refractivity contribution in [3.63, 3.8) is 0 Å². The van der Waals surface area contributed by atoms with Crippen molar-refractivity contribution in [3.8, 4) is 5.82 Å². The first-order valence-electron chi connectivity index (χ1n) is 5.03. The Bertz CT molecular complexity index is 442. The lowest BCUT2D eigenvalue weighted by molar-refractivity contribution is 0.745. The number of nitrogens with zero attached hydrogens (tertiary/aromatic N) is 4. The van der Waals surface area contributed by atoms with Crippen LogP contribution in [0.5, 0.6) is 0 Å². The summed E-state index contributed by atoms with van der Waals surface area (Å²) in [5, 5.41) is 12.5. The lowest BCUT2D eigenvalue weighted by Crippen LogP contribution is -2.01. The molecule has 2 rings (SSSR count). The first-order chi connectivity index (χ1) is 7.16. The maximum atomic E-state index is 4.42. The molecule has 2 heterocycles. The highest BCUT2D eigenvalue weighted by molar-refractivity contribution is 5.21. The number of aryl methyl sites for hydroxylation is 1. The van der Waals surface area contributed by atoms with Gasteiger partial charge in [0.05, 0.1) is 11.4 Å². The van der Waals surface area contributed by atoms with Crippen LogP contribution in [-0.4, -0.2) is 20.0 Å². The van der Waals surface area contributed by atoms with E-state index in [9.17, 15) is 0 Å². The number of rotatable bonds is 2. The summed E-state index contributed by atoms with van der Waals surface area (Å²) in [6.07, 6.45) is 1.91. The monoisotopic (exact) mass is 202 g/mol. The van der Waals surface area contributed by atoms with Crippen LogP contribution in [0.25, 0.3) is 5.82 Å². The van der Waals surface area contributed by atoms with Gasteiger partial charge in [0.15, 0.2) is 5.82 Å². The summed E-state index contributed by atoms with van der Waals surface area (Å²) in [7, 11) is 0. The van der Waals surface area contributed by atoms with E-state index in [-0.39, 0.29) is 0 Å². The van der Waals surface area contributed by atoms with Gasteiger partial charge in [-0.15, -0.1) is 5.10 Å². The lowest BCUT2D eigenvalue weighted by Gasteiger charge is -2.00. The Morgan fingerprint density at radius 2 is 1.93 bits per heavy atom. The fraction of sp³-hybridized carbons (Fsp3) is 0.364. The van der Waals surface area contributed by atoms with E-state index in [0.717, 1.165) is 17.2 Å². The van der Waals surface area contributed by atoms with Crippen LogP contribution in [0.1, 0.15) is 31.2 Å². The molecule has 2 aromatic heterocycles. The van der Waals surface area contributed by atoms with Gasteiger partial charge in [0.25, 0.3) is 0 Å². The van der Waals surface area contributed by atoms with Crippen molar-refractivity contribution in [2.24, 2.45) is 0 Å². The number of hydrogen-bond acceptors (Lipinski definition) is 3. The molecule has 0 fully saturated rings. The molecule has 2 aromatic rings. The van der Waals surface area contributed by atoms with Crippen LogP contribution in [0.2, 0.25) is 0 Å². The zero-order valence-electron chi connectivity index (χ0n) is 9.18. The predicted molar refractivity (Wildman–Crippen MR) is 58.0 cm³/mol. The molecule has 0 radical (unpaired) electrons. The summed E-state index contributed by atoms with van der Waals surface area (Å²) < 4.78 is 1.75. The molecule has 0 aliphatic rings. The second kappa shape index (κ2) is 3.81. The lowest BCUT2D eigenvalue weighted by atomic mass is 10.1. The Morgan fingerprint density at radius 1 is 1.13 bits per heavy atom. The van der Waals surface area contributed by atoms with E-state index in [1.54, 1.807) is 4.68 Å². The summed E-state index contributed by atoms with van der Waals surface area (Å²) in [6.45, 7) is 6.15. The maximum absolute atomic E-state index is 4.42. The standard InChI is InChI=1S/C11H14N4/c1-8(2)10-6-7-15(14-10)11-5-4-9(3)12-13-11/h4-8H,1-3H3. The van der Waals surface area contributed by atoms with E-state index in [4.69, 9.17) is 0 Å². The van der Waals surface area contributed by atoms with Crippen molar-refractivity contribution >= 4 is 0 Å². The Kier molecular flexibility index (Phi) is 2.49. The van der Waals surface area contributed by atoms with Gasteiger partial charge in [0.2, 0.25) is 0 Å². The number of hydrogen-bond donors (Lipinski definition) is 0. The van der Waals surface area contributed by atoms with Gasteiger partial charge in [-0.25, -0.2) is 4.68 Å². The molecule has 0 atom stereocenters. The van der Waals surface area contributed by atoms with E-state index in [1.165, 1.54) is 0 Å². The first kappa shape index (κ1) is 9.83. The molecule has 0 aromatic carbocycles.